The predicted octanol–water partition coefficient (Wildman–Crippen LogP) is 2.80. The fourth-order valence-corrected chi connectivity index (χ4v) is 1.79. The Morgan fingerprint density at radius 2 is 2.10 bits per heavy atom. The maximum absolute atomic E-state index is 11.7. The molecule has 0 heterocycles. The van der Waals surface area contributed by atoms with E-state index >= 15 is 0 Å². The molecule has 2 amide bonds. The first-order valence-corrected chi connectivity index (χ1v) is 7.33. The van der Waals surface area contributed by atoms with Crippen molar-refractivity contribution in [3.63, 3.8) is 0 Å². The normalized spacial score (nSPS) is 12.3. The number of carbonyl (C=O) groups excluding carboxylic acids is 1. The van der Waals surface area contributed by atoms with Crippen LogP contribution in [0.5, 0.6) is 0 Å². The average Bonchev–Trinajstić information content (AvgIpc) is 2.41. The Morgan fingerprint density at radius 3 is 2.76 bits per heavy atom. The summed E-state index contributed by atoms with van der Waals surface area (Å²) in [7, 11) is 0. The van der Waals surface area contributed by atoms with E-state index in [-0.39, 0.29) is 13.2 Å². The fourth-order valence-electron chi connectivity index (χ4n) is 1.62. The maximum atomic E-state index is 11.7. The van der Waals surface area contributed by atoms with Gasteiger partial charge in [0.2, 0.25) is 0 Å². The van der Waals surface area contributed by atoms with E-state index in [0.717, 1.165) is 5.56 Å². The van der Waals surface area contributed by atoms with E-state index in [2.05, 4.69) is 10.6 Å². The molecular formula is C15H23ClN2O3. The quantitative estimate of drug-likeness (QED) is 0.724. The lowest BCUT2D eigenvalue weighted by Gasteiger charge is -2.14. The first-order chi connectivity index (χ1) is 9.90. The summed E-state index contributed by atoms with van der Waals surface area (Å²) in [5.41, 5.74) is 1.43. The van der Waals surface area contributed by atoms with E-state index in [0.29, 0.717) is 23.2 Å². The van der Waals surface area contributed by atoms with Gasteiger partial charge in [-0.25, -0.2) is 4.79 Å². The molecule has 1 atom stereocenters. The lowest BCUT2D eigenvalue weighted by molar-refractivity contribution is 0.0274. The number of halogens is 1. The number of anilines is 1. The Balaban J connectivity index is 2.32. The van der Waals surface area contributed by atoms with Gasteiger partial charge < -0.3 is 20.5 Å². The Bertz CT molecular complexity index is 466. The number of benzene rings is 1. The highest BCUT2D eigenvalue weighted by Crippen LogP contribution is 2.24. The number of ether oxygens (including phenoxy) is 1. The molecule has 0 spiro atoms. The van der Waals surface area contributed by atoms with Gasteiger partial charge in [0.15, 0.2) is 0 Å². The summed E-state index contributed by atoms with van der Waals surface area (Å²) in [6, 6.07) is 4.98. The van der Waals surface area contributed by atoms with Crippen molar-refractivity contribution >= 4 is 23.3 Å². The minimum atomic E-state index is -0.734. The van der Waals surface area contributed by atoms with Crippen molar-refractivity contribution in [2.75, 3.05) is 25.1 Å². The number of nitrogens with one attached hydrogen (secondary N) is 2. The van der Waals surface area contributed by atoms with Crippen LogP contribution in [0.25, 0.3) is 0 Å². The summed E-state index contributed by atoms with van der Waals surface area (Å²) in [4.78, 5) is 11.7. The van der Waals surface area contributed by atoms with E-state index < -0.39 is 12.1 Å². The first kappa shape index (κ1) is 17.8. The van der Waals surface area contributed by atoms with Gasteiger partial charge in [0, 0.05) is 13.2 Å². The number of aryl methyl sites for hydroxylation is 1. The molecule has 0 aliphatic carbocycles. The van der Waals surface area contributed by atoms with Crippen molar-refractivity contribution in [1.82, 2.24) is 5.32 Å². The van der Waals surface area contributed by atoms with Crippen LogP contribution in [-0.2, 0) is 4.74 Å². The summed E-state index contributed by atoms with van der Waals surface area (Å²) >= 11 is 6.09. The number of aliphatic hydroxyl groups excluding tert-OH is 1. The zero-order valence-corrected chi connectivity index (χ0v) is 13.4. The second-order valence-corrected chi connectivity index (χ2v) is 5.73. The molecule has 0 aromatic heterocycles. The molecule has 118 valence electrons. The van der Waals surface area contributed by atoms with Crippen molar-refractivity contribution in [2.45, 2.75) is 26.9 Å². The van der Waals surface area contributed by atoms with Crippen LogP contribution >= 0.6 is 11.6 Å². The van der Waals surface area contributed by atoms with E-state index in [9.17, 15) is 9.90 Å². The molecule has 5 nitrogen and oxygen atoms in total. The van der Waals surface area contributed by atoms with Gasteiger partial charge in [-0.2, -0.15) is 0 Å². The van der Waals surface area contributed by atoms with Crippen molar-refractivity contribution in [3.8, 4) is 0 Å². The Labute approximate surface area is 130 Å². The molecule has 0 fully saturated rings. The van der Waals surface area contributed by atoms with Crippen LogP contribution in [0.3, 0.4) is 0 Å². The Hall–Kier alpha value is -1.30. The SMILES string of the molecule is Cc1cccc(NC(=O)NCC(O)COCC(C)C)c1Cl. The number of hydrogen-bond acceptors (Lipinski definition) is 3. The van der Waals surface area contributed by atoms with Crippen molar-refractivity contribution in [2.24, 2.45) is 5.92 Å². The average molecular weight is 315 g/mol. The second kappa shape index (κ2) is 8.87. The molecule has 0 aliphatic heterocycles. The summed E-state index contributed by atoms with van der Waals surface area (Å²) in [6.45, 7) is 6.83. The molecule has 0 saturated carbocycles. The van der Waals surface area contributed by atoms with Crippen LogP contribution in [0.15, 0.2) is 18.2 Å². The molecule has 1 aromatic rings. The monoisotopic (exact) mass is 314 g/mol. The van der Waals surface area contributed by atoms with E-state index in [1.165, 1.54) is 0 Å². The number of aliphatic hydroxyl groups is 1. The van der Waals surface area contributed by atoms with Crippen LogP contribution < -0.4 is 10.6 Å². The maximum Gasteiger partial charge on any atom is 0.319 e. The Morgan fingerprint density at radius 1 is 1.38 bits per heavy atom. The number of hydrogen-bond donors (Lipinski definition) is 3. The summed E-state index contributed by atoms with van der Waals surface area (Å²) in [5, 5.41) is 15.4. The highest BCUT2D eigenvalue weighted by atomic mass is 35.5. The van der Waals surface area contributed by atoms with Gasteiger partial charge in [0.25, 0.3) is 0 Å². The van der Waals surface area contributed by atoms with Crippen molar-refractivity contribution in [1.29, 1.82) is 0 Å². The minimum absolute atomic E-state index is 0.118. The lowest BCUT2D eigenvalue weighted by Crippen LogP contribution is -2.37. The molecule has 6 heteroatoms. The summed E-state index contributed by atoms with van der Waals surface area (Å²) in [5.74, 6) is 0.414. The zero-order chi connectivity index (χ0) is 15.8. The topological polar surface area (TPSA) is 70.6 Å². The van der Waals surface area contributed by atoms with E-state index in [1.807, 2.05) is 32.9 Å². The first-order valence-electron chi connectivity index (χ1n) is 6.96. The third-order valence-electron chi connectivity index (χ3n) is 2.70. The molecule has 0 saturated heterocycles. The highest BCUT2D eigenvalue weighted by Gasteiger charge is 2.10. The largest absolute Gasteiger partial charge is 0.389 e. The molecule has 0 bridgehead atoms. The minimum Gasteiger partial charge on any atom is -0.389 e. The molecule has 1 unspecified atom stereocenters. The lowest BCUT2D eigenvalue weighted by atomic mass is 10.2. The van der Waals surface area contributed by atoms with Gasteiger partial charge in [-0.1, -0.05) is 37.6 Å². The van der Waals surface area contributed by atoms with Crippen LogP contribution in [0, 0.1) is 12.8 Å². The van der Waals surface area contributed by atoms with Gasteiger partial charge in [-0.3, -0.25) is 0 Å². The predicted molar refractivity (Wildman–Crippen MR) is 84.9 cm³/mol. The van der Waals surface area contributed by atoms with Crippen LogP contribution in [0.1, 0.15) is 19.4 Å². The van der Waals surface area contributed by atoms with Gasteiger partial charge in [0.05, 0.1) is 23.4 Å². The number of rotatable bonds is 7. The van der Waals surface area contributed by atoms with Crippen molar-refractivity contribution < 1.29 is 14.6 Å². The van der Waals surface area contributed by atoms with Crippen LogP contribution in [0.4, 0.5) is 10.5 Å². The molecule has 21 heavy (non-hydrogen) atoms. The third kappa shape index (κ3) is 6.80. The van der Waals surface area contributed by atoms with E-state index in [4.69, 9.17) is 16.3 Å². The van der Waals surface area contributed by atoms with Crippen LogP contribution in [-0.4, -0.2) is 37.0 Å². The zero-order valence-electron chi connectivity index (χ0n) is 12.6. The molecule has 3 N–H and O–H groups in total. The standard InChI is InChI=1S/C15H23ClN2O3/c1-10(2)8-21-9-12(19)7-17-15(20)18-13-6-4-5-11(3)14(13)16/h4-6,10,12,19H,7-9H2,1-3H3,(H2,17,18,20). The highest BCUT2D eigenvalue weighted by molar-refractivity contribution is 6.34. The summed E-state index contributed by atoms with van der Waals surface area (Å²) < 4.78 is 5.30. The number of amides is 2. The number of urea groups is 1. The van der Waals surface area contributed by atoms with Gasteiger partial charge in [-0.05, 0) is 24.5 Å². The van der Waals surface area contributed by atoms with Gasteiger partial charge >= 0.3 is 6.03 Å². The smallest absolute Gasteiger partial charge is 0.319 e. The fraction of sp³-hybridized carbons (Fsp3) is 0.533. The second-order valence-electron chi connectivity index (χ2n) is 5.36. The third-order valence-corrected chi connectivity index (χ3v) is 3.20. The number of carbonyl (C=O) groups is 1. The Kier molecular flexibility index (Phi) is 7.50. The van der Waals surface area contributed by atoms with Crippen LogP contribution in [0.2, 0.25) is 5.02 Å². The van der Waals surface area contributed by atoms with Gasteiger partial charge in [0.1, 0.15) is 0 Å². The van der Waals surface area contributed by atoms with Gasteiger partial charge in [-0.15, -0.1) is 0 Å². The molecule has 1 aromatic carbocycles. The van der Waals surface area contributed by atoms with E-state index in [1.54, 1.807) is 6.07 Å². The molecule has 1 rings (SSSR count). The summed E-state index contributed by atoms with van der Waals surface area (Å²) in [6.07, 6.45) is -0.734. The van der Waals surface area contributed by atoms with Crippen molar-refractivity contribution in [3.05, 3.63) is 28.8 Å². The molecular weight excluding hydrogens is 292 g/mol. The molecule has 0 aliphatic rings. The molecule has 0 radical (unpaired) electrons.